The lowest BCUT2D eigenvalue weighted by molar-refractivity contribution is 0.0532. The van der Waals surface area contributed by atoms with E-state index in [0.29, 0.717) is 46.9 Å². The van der Waals surface area contributed by atoms with Gasteiger partial charge in [0, 0.05) is 18.0 Å². The first-order chi connectivity index (χ1) is 17.0. The number of nitrogens with one attached hydrogen (secondary N) is 1. The van der Waals surface area contributed by atoms with Gasteiger partial charge in [-0.1, -0.05) is 17.7 Å². The van der Waals surface area contributed by atoms with Crippen molar-refractivity contribution >= 4 is 39.9 Å². The minimum atomic E-state index is -0.574. The molecule has 1 fully saturated rings. The van der Waals surface area contributed by atoms with Gasteiger partial charge in [-0.15, -0.1) is 0 Å². The van der Waals surface area contributed by atoms with Crippen LogP contribution in [-0.2, 0) is 0 Å². The Balaban J connectivity index is 1.43. The first-order valence-electron chi connectivity index (χ1n) is 11.1. The largest absolute Gasteiger partial charge is 0.493 e. The van der Waals surface area contributed by atoms with Crippen molar-refractivity contribution in [1.29, 1.82) is 0 Å². The number of fused-ring (bicyclic) bond motifs is 1. The van der Waals surface area contributed by atoms with Crippen molar-refractivity contribution in [2.75, 3.05) is 25.5 Å². The fourth-order valence-corrected chi connectivity index (χ4v) is 4.28. The van der Waals surface area contributed by atoms with Crippen LogP contribution in [0.1, 0.15) is 23.2 Å². The quantitative estimate of drug-likeness (QED) is 0.379. The van der Waals surface area contributed by atoms with Crippen molar-refractivity contribution in [2.24, 2.45) is 0 Å². The van der Waals surface area contributed by atoms with Gasteiger partial charge >= 0.3 is 0 Å². The standard InChI is InChI=1S/C25H22ClFN4O4/c1-33-21-11-20-17(24(29-14-28-20)30-19-6-2-5-18(26)23(19)27)10-22(21)35-16-4-3-8-31(12-16)25(32)15-7-9-34-13-15/h2,5-7,9-11,13-14,16H,3-4,8,12H2,1H3,(H,28,29,30)/t16-/m1/s1. The van der Waals surface area contributed by atoms with Crippen LogP contribution in [0, 0.1) is 5.82 Å². The summed E-state index contributed by atoms with van der Waals surface area (Å²) >= 11 is 5.92. The maximum atomic E-state index is 14.5. The minimum Gasteiger partial charge on any atom is -0.493 e. The number of rotatable bonds is 6. The van der Waals surface area contributed by atoms with Crippen molar-refractivity contribution in [1.82, 2.24) is 14.9 Å². The van der Waals surface area contributed by atoms with E-state index < -0.39 is 5.82 Å². The number of hydrogen-bond acceptors (Lipinski definition) is 7. The fourth-order valence-electron chi connectivity index (χ4n) is 4.11. The number of furan rings is 1. The minimum absolute atomic E-state index is 0.00544. The van der Waals surface area contributed by atoms with Crippen LogP contribution in [0.4, 0.5) is 15.9 Å². The number of halogens is 2. The van der Waals surface area contributed by atoms with Crippen LogP contribution in [-0.4, -0.2) is 47.1 Å². The molecule has 1 amide bonds. The van der Waals surface area contributed by atoms with Crippen LogP contribution in [0.5, 0.6) is 11.5 Å². The van der Waals surface area contributed by atoms with Gasteiger partial charge in [0.05, 0.1) is 41.7 Å². The molecule has 0 bridgehead atoms. The number of amides is 1. The molecule has 0 spiro atoms. The third-order valence-electron chi connectivity index (χ3n) is 5.85. The molecule has 8 nitrogen and oxygen atoms in total. The van der Waals surface area contributed by atoms with E-state index in [1.54, 1.807) is 42.3 Å². The summed E-state index contributed by atoms with van der Waals surface area (Å²) in [5.41, 5.74) is 1.29. The highest BCUT2D eigenvalue weighted by Gasteiger charge is 2.27. The summed E-state index contributed by atoms with van der Waals surface area (Å²) in [5.74, 6) is 0.696. The van der Waals surface area contributed by atoms with Crippen LogP contribution in [0.25, 0.3) is 10.9 Å². The SMILES string of the molecule is COc1cc2ncnc(Nc3cccc(Cl)c3F)c2cc1O[C@@H]1CCCN(C(=O)c2ccoc2)C1. The smallest absolute Gasteiger partial charge is 0.257 e. The van der Waals surface area contributed by atoms with Crippen molar-refractivity contribution < 1.29 is 23.1 Å². The zero-order valence-electron chi connectivity index (χ0n) is 18.8. The highest BCUT2D eigenvalue weighted by Crippen LogP contribution is 2.36. The molecule has 1 aliphatic rings. The lowest BCUT2D eigenvalue weighted by Gasteiger charge is -2.33. The van der Waals surface area contributed by atoms with Gasteiger partial charge in [0.1, 0.15) is 24.5 Å². The number of carbonyl (C=O) groups is 1. The van der Waals surface area contributed by atoms with Gasteiger partial charge in [-0.2, -0.15) is 0 Å². The predicted molar refractivity (Wildman–Crippen MR) is 129 cm³/mol. The number of hydrogen-bond donors (Lipinski definition) is 1. The molecule has 1 aliphatic heterocycles. The first-order valence-corrected chi connectivity index (χ1v) is 11.4. The molecule has 0 saturated carbocycles. The average Bonchev–Trinajstić information content (AvgIpc) is 3.41. The molecular weight excluding hydrogens is 475 g/mol. The number of nitrogens with zero attached hydrogens (tertiary/aromatic N) is 3. The number of benzene rings is 2. The predicted octanol–water partition coefficient (Wildman–Crippen LogP) is 5.45. The molecule has 35 heavy (non-hydrogen) atoms. The summed E-state index contributed by atoms with van der Waals surface area (Å²) in [6, 6.07) is 9.84. The number of ether oxygens (including phenoxy) is 2. The number of piperidine rings is 1. The number of methoxy groups -OCH3 is 1. The molecule has 1 saturated heterocycles. The Labute approximate surface area is 205 Å². The van der Waals surface area contributed by atoms with Crippen LogP contribution in [0.2, 0.25) is 5.02 Å². The number of carbonyl (C=O) groups excluding carboxylic acids is 1. The Hall–Kier alpha value is -3.85. The van der Waals surface area contributed by atoms with E-state index in [1.165, 1.54) is 24.9 Å². The fraction of sp³-hybridized carbons (Fsp3) is 0.240. The van der Waals surface area contributed by atoms with Crippen molar-refractivity contribution in [2.45, 2.75) is 18.9 Å². The monoisotopic (exact) mass is 496 g/mol. The molecule has 1 N–H and O–H groups in total. The number of likely N-dealkylation sites (tertiary alicyclic amines) is 1. The molecule has 10 heteroatoms. The molecule has 0 radical (unpaired) electrons. The van der Waals surface area contributed by atoms with E-state index in [1.807, 2.05) is 0 Å². The molecule has 180 valence electrons. The van der Waals surface area contributed by atoms with Crippen LogP contribution in [0.15, 0.2) is 59.7 Å². The van der Waals surface area contributed by atoms with E-state index in [0.717, 1.165) is 12.8 Å². The first kappa shape index (κ1) is 22.9. The Kier molecular flexibility index (Phi) is 6.41. The van der Waals surface area contributed by atoms with E-state index >= 15 is 0 Å². The Morgan fingerprint density at radius 2 is 2.14 bits per heavy atom. The topological polar surface area (TPSA) is 89.7 Å². The van der Waals surface area contributed by atoms with Gasteiger partial charge < -0.3 is 24.1 Å². The Morgan fingerprint density at radius 1 is 1.26 bits per heavy atom. The lowest BCUT2D eigenvalue weighted by Crippen LogP contribution is -2.44. The van der Waals surface area contributed by atoms with Gasteiger partial charge in [0.25, 0.3) is 5.91 Å². The Bertz CT molecular complexity index is 1370. The zero-order chi connectivity index (χ0) is 24.4. The van der Waals surface area contributed by atoms with E-state index in [-0.39, 0.29) is 22.7 Å². The molecular formula is C25H22ClFN4O4. The van der Waals surface area contributed by atoms with Gasteiger partial charge in [-0.25, -0.2) is 14.4 Å². The lowest BCUT2D eigenvalue weighted by atomic mass is 10.1. The molecule has 5 rings (SSSR count). The maximum Gasteiger partial charge on any atom is 0.257 e. The van der Waals surface area contributed by atoms with E-state index in [9.17, 15) is 9.18 Å². The molecule has 3 heterocycles. The van der Waals surface area contributed by atoms with Gasteiger partial charge in [-0.05, 0) is 37.1 Å². The Morgan fingerprint density at radius 3 is 2.94 bits per heavy atom. The maximum absolute atomic E-state index is 14.5. The summed E-state index contributed by atoms with van der Waals surface area (Å²) in [4.78, 5) is 23.1. The molecule has 1 atom stereocenters. The van der Waals surface area contributed by atoms with Crippen LogP contribution >= 0.6 is 11.6 Å². The molecule has 2 aromatic carbocycles. The molecule has 4 aromatic rings. The second-order valence-electron chi connectivity index (χ2n) is 8.11. The molecule has 2 aromatic heterocycles. The van der Waals surface area contributed by atoms with Crippen LogP contribution < -0.4 is 14.8 Å². The van der Waals surface area contributed by atoms with E-state index in [4.69, 9.17) is 25.5 Å². The second kappa shape index (κ2) is 9.79. The van der Waals surface area contributed by atoms with Gasteiger partial charge in [-0.3, -0.25) is 4.79 Å². The number of anilines is 2. The van der Waals surface area contributed by atoms with Crippen molar-refractivity contribution in [3.8, 4) is 11.5 Å². The summed E-state index contributed by atoms with van der Waals surface area (Å²) in [6.07, 6.45) is 5.64. The van der Waals surface area contributed by atoms with Gasteiger partial charge in [0.15, 0.2) is 17.3 Å². The van der Waals surface area contributed by atoms with Crippen LogP contribution in [0.3, 0.4) is 0 Å². The summed E-state index contributed by atoms with van der Waals surface area (Å²) in [7, 11) is 1.55. The summed E-state index contributed by atoms with van der Waals surface area (Å²) < 4.78 is 31.4. The third-order valence-corrected chi connectivity index (χ3v) is 6.14. The van der Waals surface area contributed by atoms with Crippen molar-refractivity contribution in [3.63, 3.8) is 0 Å². The normalized spacial score (nSPS) is 15.7. The number of aromatic nitrogens is 2. The highest BCUT2D eigenvalue weighted by atomic mass is 35.5. The molecule has 0 unspecified atom stereocenters. The molecule has 0 aliphatic carbocycles. The highest BCUT2D eigenvalue weighted by molar-refractivity contribution is 6.31. The zero-order valence-corrected chi connectivity index (χ0v) is 19.6. The third kappa shape index (κ3) is 4.72. The summed E-state index contributed by atoms with van der Waals surface area (Å²) in [5, 5.41) is 3.61. The van der Waals surface area contributed by atoms with Gasteiger partial charge in [0.2, 0.25) is 0 Å². The second-order valence-corrected chi connectivity index (χ2v) is 8.52. The van der Waals surface area contributed by atoms with Crippen molar-refractivity contribution in [3.05, 3.63) is 71.7 Å². The summed E-state index contributed by atoms with van der Waals surface area (Å²) in [6.45, 7) is 1.07. The average molecular weight is 497 g/mol. The van der Waals surface area contributed by atoms with E-state index in [2.05, 4.69) is 15.3 Å².